The molecule has 2 aliphatic rings. The molecule has 138 valence electrons. The minimum atomic E-state index is -0.400. The largest absolute Gasteiger partial charge is 0.347 e. The van der Waals surface area contributed by atoms with Crippen molar-refractivity contribution in [3.05, 3.63) is 71.3 Å². The molecule has 27 heavy (non-hydrogen) atoms. The Morgan fingerprint density at radius 3 is 2.07 bits per heavy atom. The van der Waals surface area contributed by atoms with E-state index in [4.69, 9.17) is 0 Å². The van der Waals surface area contributed by atoms with Crippen LogP contribution in [-0.4, -0.2) is 29.2 Å². The molecule has 4 rings (SSSR count). The molecule has 1 saturated carbocycles. The van der Waals surface area contributed by atoms with Gasteiger partial charge in [-0.05, 0) is 36.5 Å². The maximum atomic E-state index is 12.7. The van der Waals surface area contributed by atoms with Crippen LogP contribution in [0.25, 0.3) is 0 Å². The van der Waals surface area contributed by atoms with E-state index in [9.17, 15) is 14.4 Å². The Bertz CT molecular complexity index is 837. The average molecular weight is 362 g/mol. The lowest BCUT2D eigenvalue weighted by atomic mass is 9.91. The van der Waals surface area contributed by atoms with Gasteiger partial charge in [-0.15, -0.1) is 0 Å². The van der Waals surface area contributed by atoms with E-state index >= 15 is 0 Å². The topological polar surface area (TPSA) is 66.5 Å². The summed E-state index contributed by atoms with van der Waals surface area (Å²) in [5.74, 6) is -0.713. The average Bonchev–Trinajstić information content (AvgIpc) is 3.31. The predicted octanol–water partition coefficient (Wildman–Crippen LogP) is 3.33. The summed E-state index contributed by atoms with van der Waals surface area (Å²) < 4.78 is 0. The number of hydrogen-bond donors (Lipinski definition) is 1. The van der Waals surface area contributed by atoms with Crippen LogP contribution in [0, 0.1) is 5.92 Å². The molecule has 1 heterocycles. The number of hydrogen-bond acceptors (Lipinski definition) is 3. The summed E-state index contributed by atoms with van der Waals surface area (Å²) in [4.78, 5) is 38.7. The monoisotopic (exact) mass is 362 g/mol. The van der Waals surface area contributed by atoms with Gasteiger partial charge in [0.2, 0.25) is 5.91 Å². The number of nitrogens with zero attached hydrogens (tertiary/aromatic N) is 1. The summed E-state index contributed by atoms with van der Waals surface area (Å²) in [5.41, 5.74) is 1.80. The summed E-state index contributed by atoms with van der Waals surface area (Å²) in [5, 5.41) is 3.08. The van der Waals surface area contributed by atoms with Crippen LogP contribution < -0.4 is 5.32 Å². The van der Waals surface area contributed by atoms with E-state index in [1.54, 1.807) is 24.3 Å². The molecular formula is C22H22N2O3. The van der Waals surface area contributed by atoms with Crippen molar-refractivity contribution >= 4 is 17.7 Å². The molecule has 1 atom stereocenters. The van der Waals surface area contributed by atoms with Crippen molar-refractivity contribution in [3.63, 3.8) is 0 Å². The first kappa shape index (κ1) is 17.5. The third-order valence-corrected chi connectivity index (χ3v) is 5.53. The fourth-order valence-corrected chi connectivity index (χ4v) is 4.17. The summed E-state index contributed by atoms with van der Waals surface area (Å²) in [6.07, 6.45) is 4.49. The van der Waals surface area contributed by atoms with Crippen molar-refractivity contribution in [2.45, 2.75) is 31.7 Å². The molecule has 5 nitrogen and oxygen atoms in total. The van der Waals surface area contributed by atoms with Gasteiger partial charge >= 0.3 is 0 Å². The predicted molar refractivity (Wildman–Crippen MR) is 101 cm³/mol. The van der Waals surface area contributed by atoms with Gasteiger partial charge in [0.15, 0.2) is 0 Å². The third kappa shape index (κ3) is 3.37. The van der Waals surface area contributed by atoms with Crippen LogP contribution in [0.5, 0.6) is 0 Å². The van der Waals surface area contributed by atoms with Crippen molar-refractivity contribution in [3.8, 4) is 0 Å². The van der Waals surface area contributed by atoms with E-state index in [2.05, 4.69) is 5.32 Å². The number of fused-ring (bicyclic) bond motifs is 1. The van der Waals surface area contributed by atoms with Crippen molar-refractivity contribution < 1.29 is 14.4 Å². The van der Waals surface area contributed by atoms with Gasteiger partial charge in [-0.3, -0.25) is 19.3 Å². The number of benzene rings is 2. The van der Waals surface area contributed by atoms with Crippen molar-refractivity contribution in [1.29, 1.82) is 0 Å². The maximum Gasteiger partial charge on any atom is 0.262 e. The number of nitrogens with one attached hydrogen (secondary N) is 1. The van der Waals surface area contributed by atoms with Crippen LogP contribution in [0.1, 0.15) is 58.0 Å². The molecule has 2 aromatic rings. The molecule has 1 aliphatic heterocycles. The zero-order chi connectivity index (χ0) is 18.8. The van der Waals surface area contributed by atoms with Gasteiger partial charge in [-0.1, -0.05) is 55.3 Å². The van der Waals surface area contributed by atoms with Gasteiger partial charge in [0.05, 0.1) is 17.2 Å². The minimum absolute atomic E-state index is 0.0867. The smallest absolute Gasteiger partial charge is 0.262 e. The Hall–Kier alpha value is -2.95. The maximum absolute atomic E-state index is 12.7. The summed E-state index contributed by atoms with van der Waals surface area (Å²) in [6.45, 7) is -0.248. The van der Waals surface area contributed by atoms with Crippen molar-refractivity contribution in [1.82, 2.24) is 10.2 Å². The van der Waals surface area contributed by atoms with Crippen LogP contribution >= 0.6 is 0 Å². The molecule has 0 unspecified atom stereocenters. The lowest BCUT2D eigenvalue weighted by Gasteiger charge is -2.26. The highest BCUT2D eigenvalue weighted by Gasteiger charge is 2.37. The van der Waals surface area contributed by atoms with Crippen LogP contribution in [0.15, 0.2) is 54.6 Å². The van der Waals surface area contributed by atoms with E-state index in [0.717, 1.165) is 23.3 Å². The number of amides is 3. The highest BCUT2D eigenvalue weighted by molar-refractivity contribution is 6.22. The standard InChI is InChI=1S/C22H22N2O3/c25-19(14-24-21(26)17-12-6-7-13-18(17)22(24)27)23-20(16-10-4-5-11-16)15-8-2-1-3-9-15/h1-3,6-9,12-13,16,20H,4-5,10-11,14H2,(H,23,25)/t20-/m1/s1. The lowest BCUT2D eigenvalue weighted by Crippen LogP contribution is -2.42. The van der Waals surface area contributed by atoms with E-state index in [1.165, 1.54) is 12.8 Å². The molecule has 0 bridgehead atoms. The Morgan fingerprint density at radius 2 is 1.48 bits per heavy atom. The minimum Gasteiger partial charge on any atom is -0.347 e. The van der Waals surface area contributed by atoms with Crippen molar-refractivity contribution in [2.75, 3.05) is 6.54 Å². The highest BCUT2D eigenvalue weighted by Crippen LogP contribution is 2.35. The molecule has 2 aromatic carbocycles. The van der Waals surface area contributed by atoms with Crippen LogP contribution in [-0.2, 0) is 4.79 Å². The lowest BCUT2D eigenvalue weighted by molar-refractivity contribution is -0.122. The number of carbonyl (C=O) groups is 3. The number of carbonyl (C=O) groups excluding carboxylic acids is 3. The van der Waals surface area contributed by atoms with Gasteiger partial charge in [-0.2, -0.15) is 0 Å². The quantitative estimate of drug-likeness (QED) is 0.830. The van der Waals surface area contributed by atoms with Gasteiger partial charge in [0.25, 0.3) is 11.8 Å². The summed E-state index contributed by atoms with van der Waals surface area (Å²) >= 11 is 0. The molecule has 1 N–H and O–H groups in total. The highest BCUT2D eigenvalue weighted by atomic mass is 16.2. The Labute approximate surface area is 158 Å². The SMILES string of the molecule is O=C(CN1C(=O)c2ccccc2C1=O)N[C@H](c1ccccc1)C1CCCC1. The van der Waals surface area contributed by atoms with Crippen LogP contribution in [0.3, 0.4) is 0 Å². The number of imide groups is 1. The fraction of sp³-hybridized carbons (Fsp3) is 0.318. The van der Waals surface area contributed by atoms with Crippen LogP contribution in [0.4, 0.5) is 0 Å². The molecule has 5 heteroatoms. The van der Waals surface area contributed by atoms with Gasteiger partial charge < -0.3 is 5.32 Å². The van der Waals surface area contributed by atoms with Gasteiger partial charge in [0.1, 0.15) is 6.54 Å². The van der Waals surface area contributed by atoms with Crippen LogP contribution in [0.2, 0.25) is 0 Å². The van der Waals surface area contributed by atoms with E-state index < -0.39 is 11.8 Å². The zero-order valence-corrected chi connectivity index (χ0v) is 15.1. The first-order chi connectivity index (χ1) is 13.1. The summed E-state index contributed by atoms with van der Waals surface area (Å²) in [6, 6.07) is 16.5. The van der Waals surface area contributed by atoms with E-state index in [0.29, 0.717) is 17.0 Å². The molecule has 1 fully saturated rings. The van der Waals surface area contributed by atoms with Crippen molar-refractivity contribution in [2.24, 2.45) is 5.92 Å². The molecule has 0 aromatic heterocycles. The normalized spacial score (nSPS) is 17.9. The first-order valence-electron chi connectivity index (χ1n) is 9.44. The van der Waals surface area contributed by atoms with E-state index in [-0.39, 0.29) is 18.5 Å². The van der Waals surface area contributed by atoms with Gasteiger partial charge in [0, 0.05) is 0 Å². The molecular weight excluding hydrogens is 340 g/mol. The second-order valence-electron chi connectivity index (χ2n) is 7.24. The molecule has 0 saturated heterocycles. The zero-order valence-electron chi connectivity index (χ0n) is 15.1. The Kier molecular flexibility index (Phi) is 4.75. The first-order valence-corrected chi connectivity index (χ1v) is 9.44. The fourth-order valence-electron chi connectivity index (χ4n) is 4.17. The molecule has 3 amide bonds. The molecule has 0 spiro atoms. The van der Waals surface area contributed by atoms with E-state index in [1.807, 2.05) is 30.3 Å². The Morgan fingerprint density at radius 1 is 0.926 bits per heavy atom. The number of rotatable bonds is 5. The second-order valence-corrected chi connectivity index (χ2v) is 7.24. The molecule has 0 radical (unpaired) electrons. The van der Waals surface area contributed by atoms with Gasteiger partial charge in [-0.25, -0.2) is 0 Å². The second kappa shape index (κ2) is 7.35. The Balaban J connectivity index is 1.49. The summed E-state index contributed by atoms with van der Waals surface area (Å²) in [7, 11) is 0. The third-order valence-electron chi connectivity index (χ3n) is 5.53. The molecule has 1 aliphatic carbocycles.